The zero-order valence-electron chi connectivity index (χ0n) is 17.9. The molecule has 1 aromatic heterocycles. The Balaban J connectivity index is 1.48. The molecule has 0 bridgehead atoms. The Kier molecular flexibility index (Phi) is 6.72. The fourth-order valence-corrected chi connectivity index (χ4v) is 3.67. The number of nitrogen functional groups attached to an aromatic ring is 1. The van der Waals surface area contributed by atoms with Gasteiger partial charge in [-0.05, 0) is 42.0 Å². The van der Waals surface area contributed by atoms with Gasteiger partial charge < -0.3 is 31.7 Å². The van der Waals surface area contributed by atoms with Crippen molar-refractivity contribution in [3.05, 3.63) is 71.9 Å². The number of aromatic nitrogens is 1. The van der Waals surface area contributed by atoms with Gasteiger partial charge in [-0.3, -0.25) is 4.79 Å². The van der Waals surface area contributed by atoms with Crippen LogP contribution in [0.3, 0.4) is 0 Å². The highest BCUT2D eigenvalue weighted by atomic mass is 16.5. The Morgan fingerprint density at radius 3 is 2.59 bits per heavy atom. The van der Waals surface area contributed by atoms with E-state index in [0.29, 0.717) is 18.1 Å². The number of carbonyl (C=O) groups excluding carboxylic acids is 1. The molecule has 8 nitrogen and oxygen atoms in total. The second kappa shape index (κ2) is 10.0. The topological polar surface area (TPSA) is 119 Å². The summed E-state index contributed by atoms with van der Waals surface area (Å²) in [7, 11) is 0. The van der Waals surface area contributed by atoms with Gasteiger partial charge in [-0.15, -0.1) is 0 Å². The molecule has 3 aromatic rings. The van der Waals surface area contributed by atoms with Gasteiger partial charge in [0.2, 0.25) is 5.91 Å². The lowest BCUT2D eigenvalue weighted by molar-refractivity contribution is -0.117. The van der Waals surface area contributed by atoms with Crippen molar-refractivity contribution in [3.63, 3.8) is 0 Å². The van der Waals surface area contributed by atoms with Crippen molar-refractivity contribution >= 4 is 34.5 Å². The van der Waals surface area contributed by atoms with Crippen LogP contribution in [0.5, 0.6) is 0 Å². The minimum atomic E-state index is -0.404. The minimum Gasteiger partial charge on any atom is -0.399 e. The molecule has 1 fully saturated rings. The second-order valence-electron chi connectivity index (χ2n) is 7.74. The summed E-state index contributed by atoms with van der Waals surface area (Å²) < 4.78 is 5.42. The van der Waals surface area contributed by atoms with E-state index in [2.05, 4.69) is 32.7 Å². The van der Waals surface area contributed by atoms with E-state index in [4.69, 9.17) is 16.2 Å². The smallest absolute Gasteiger partial charge is 0.221 e. The standard InChI is InChI=1S/C24H28N6O2/c25-19-3-1-2-17(12-19)15-27-22-14-24(28-16-18(22)13-23(26)31)29-20-4-6-21(7-5-20)30-8-10-32-11-9-30/h1-7,12,14,16H,8-11,13,15,25H2,(H2,26,31)(H2,27,28,29). The first-order chi connectivity index (χ1) is 15.6. The Morgan fingerprint density at radius 2 is 1.88 bits per heavy atom. The van der Waals surface area contributed by atoms with E-state index in [-0.39, 0.29) is 6.42 Å². The number of morpholine rings is 1. The van der Waals surface area contributed by atoms with Crippen molar-refractivity contribution in [3.8, 4) is 0 Å². The molecular formula is C24H28N6O2. The van der Waals surface area contributed by atoms with Crippen molar-refractivity contribution in [2.75, 3.05) is 47.6 Å². The van der Waals surface area contributed by atoms with Crippen molar-refractivity contribution in [1.29, 1.82) is 0 Å². The Hall–Kier alpha value is -3.78. The number of hydrogen-bond donors (Lipinski definition) is 4. The molecule has 0 unspecified atom stereocenters. The van der Waals surface area contributed by atoms with Crippen molar-refractivity contribution in [1.82, 2.24) is 4.98 Å². The number of pyridine rings is 1. The van der Waals surface area contributed by atoms with E-state index in [0.717, 1.165) is 48.8 Å². The van der Waals surface area contributed by atoms with E-state index in [1.165, 1.54) is 5.69 Å². The number of nitrogens with two attached hydrogens (primary N) is 2. The maximum absolute atomic E-state index is 11.5. The van der Waals surface area contributed by atoms with E-state index >= 15 is 0 Å². The lowest BCUT2D eigenvalue weighted by Crippen LogP contribution is -2.36. The number of carbonyl (C=O) groups is 1. The summed E-state index contributed by atoms with van der Waals surface area (Å²) >= 11 is 0. The lowest BCUT2D eigenvalue weighted by Gasteiger charge is -2.28. The van der Waals surface area contributed by atoms with E-state index in [1.54, 1.807) is 6.20 Å². The summed E-state index contributed by atoms with van der Waals surface area (Å²) in [5.41, 5.74) is 16.7. The van der Waals surface area contributed by atoms with Crippen LogP contribution in [0, 0.1) is 0 Å². The molecular weight excluding hydrogens is 404 g/mol. The normalized spacial score (nSPS) is 13.6. The Morgan fingerprint density at radius 1 is 1.09 bits per heavy atom. The lowest BCUT2D eigenvalue weighted by atomic mass is 10.1. The van der Waals surface area contributed by atoms with Crippen LogP contribution in [0.2, 0.25) is 0 Å². The predicted molar refractivity (Wildman–Crippen MR) is 128 cm³/mol. The summed E-state index contributed by atoms with van der Waals surface area (Å²) in [5.74, 6) is 0.269. The highest BCUT2D eigenvalue weighted by Gasteiger charge is 2.12. The second-order valence-corrected chi connectivity index (χ2v) is 7.74. The monoisotopic (exact) mass is 432 g/mol. The van der Waals surface area contributed by atoms with Crippen LogP contribution in [0.4, 0.5) is 28.6 Å². The first kappa shape index (κ1) is 21.5. The molecule has 2 aromatic carbocycles. The summed E-state index contributed by atoms with van der Waals surface area (Å²) in [6, 6.07) is 17.8. The van der Waals surface area contributed by atoms with Crippen LogP contribution in [-0.2, 0) is 22.5 Å². The van der Waals surface area contributed by atoms with Crippen LogP contribution in [0.1, 0.15) is 11.1 Å². The molecule has 1 aliphatic heterocycles. The predicted octanol–water partition coefficient (Wildman–Crippen LogP) is 2.88. The van der Waals surface area contributed by atoms with Crippen LogP contribution in [-0.4, -0.2) is 37.2 Å². The third-order valence-electron chi connectivity index (χ3n) is 5.30. The van der Waals surface area contributed by atoms with Gasteiger partial charge in [0.15, 0.2) is 0 Å². The molecule has 0 aliphatic carbocycles. The van der Waals surface area contributed by atoms with Gasteiger partial charge in [-0.2, -0.15) is 0 Å². The number of ether oxygens (including phenoxy) is 1. The molecule has 1 amide bonds. The van der Waals surface area contributed by atoms with Gasteiger partial charge in [0.25, 0.3) is 0 Å². The quantitative estimate of drug-likeness (QED) is 0.404. The van der Waals surface area contributed by atoms with Gasteiger partial charge >= 0.3 is 0 Å². The number of nitrogens with zero attached hydrogens (tertiary/aromatic N) is 2. The number of anilines is 5. The van der Waals surface area contributed by atoms with Crippen molar-refractivity contribution < 1.29 is 9.53 Å². The van der Waals surface area contributed by atoms with Crippen LogP contribution in [0.25, 0.3) is 0 Å². The first-order valence-electron chi connectivity index (χ1n) is 10.6. The van der Waals surface area contributed by atoms with E-state index in [1.807, 2.05) is 42.5 Å². The van der Waals surface area contributed by atoms with Crippen LogP contribution in [0.15, 0.2) is 60.8 Å². The number of benzene rings is 2. The zero-order valence-corrected chi connectivity index (χ0v) is 17.9. The maximum Gasteiger partial charge on any atom is 0.221 e. The van der Waals surface area contributed by atoms with E-state index in [9.17, 15) is 4.79 Å². The fraction of sp³-hybridized carbons (Fsp3) is 0.250. The molecule has 1 aliphatic rings. The molecule has 32 heavy (non-hydrogen) atoms. The van der Waals surface area contributed by atoms with Gasteiger partial charge in [0.1, 0.15) is 5.82 Å². The molecule has 4 rings (SSSR count). The maximum atomic E-state index is 11.5. The third-order valence-corrected chi connectivity index (χ3v) is 5.30. The number of hydrogen-bond acceptors (Lipinski definition) is 7. The first-order valence-corrected chi connectivity index (χ1v) is 10.6. The van der Waals surface area contributed by atoms with E-state index < -0.39 is 5.91 Å². The fourth-order valence-electron chi connectivity index (χ4n) is 3.67. The zero-order chi connectivity index (χ0) is 22.3. The number of primary amides is 1. The SMILES string of the molecule is NC(=O)Cc1cnc(Nc2ccc(N3CCOCC3)cc2)cc1NCc1cccc(N)c1. The highest BCUT2D eigenvalue weighted by Crippen LogP contribution is 2.25. The van der Waals surface area contributed by atoms with Crippen LogP contribution >= 0.6 is 0 Å². The molecule has 0 radical (unpaired) electrons. The van der Waals surface area contributed by atoms with Gasteiger partial charge in [-0.1, -0.05) is 12.1 Å². The molecule has 0 atom stereocenters. The number of amides is 1. The molecule has 1 saturated heterocycles. The number of rotatable bonds is 8. The molecule has 166 valence electrons. The minimum absolute atomic E-state index is 0.112. The van der Waals surface area contributed by atoms with Gasteiger partial charge in [0.05, 0.1) is 19.6 Å². The van der Waals surface area contributed by atoms with Gasteiger partial charge in [-0.25, -0.2) is 4.98 Å². The Bertz CT molecular complexity index is 1060. The average molecular weight is 433 g/mol. The number of nitrogens with one attached hydrogen (secondary N) is 2. The summed E-state index contributed by atoms with van der Waals surface area (Å²) in [6.45, 7) is 3.88. The van der Waals surface area contributed by atoms with Crippen molar-refractivity contribution in [2.24, 2.45) is 5.73 Å². The van der Waals surface area contributed by atoms with Crippen LogP contribution < -0.4 is 27.0 Å². The summed E-state index contributed by atoms with van der Waals surface area (Å²) in [5, 5.41) is 6.71. The Labute approximate surface area is 187 Å². The highest BCUT2D eigenvalue weighted by molar-refractivity contribution is 5.79. The largest absolute Gasteiger partial charge is 0.399 e. The third kappa shape index (κ3) is 5.67. The molecule has 6 N–H and O–H groups in total. The molecule has 0 saturated carbocycles. The average Bonchev–Trinajstić information content (AvgIpc) is 2.80. The van der Waals surface area contributed by atoms with Gasteiger partial charge in [0, 0.05) is 60.2 Å². The summed E-state index contributed by atoms with van der Waals surface area (Å²) in [4.78, 5) is 18.3. The molecule has 0 spiro atoms. The van der Waals surface area contributed by atoms with Crippen molar-refractivity contribution in [2.45, 2.75) is 13.0 Å². The molecule has 8 heteroatoms. The summed E-state index contributed by atoms with van der Waals surface area (Å²) in [6.07, 6.45) is 1.79. The molecule has 2 heterocycles.